The lowest BCUT2D eigenvalue weighted by Gasteiger charge is -2.27. The van der Waals surface area contributed by atoms with Crippen LogP contribution >= 0.6 is 0 Å². The van der Waals surface area contributed by atoms with Crippen molar-refractivity contribution in [1.29, 1.82) is 0 Å². The van der Waals surface area contributed by atoms with E-state index in [4.69, 9.17) is 4.74 Å². The number of amides is 1. The molecular formula is C25H34N2O4. The Kier molecular flexibility index (Phi) is 7.47. The second-order valence-electron chi connectivity index (χ2n) is 9.10. The van der Waals surface area contributed by atoms with Crippen LogP contribution in [0.3, 0.4) is 0 Å². The maximum atomic E-state index is 12.9. The fraction of sp³-hybridized carbons (Fsp3) is 0.480. The van der Waals surface area contributed by atoms with Gasteiger partial charge in [0.25, 0.3) is 0 Å². The molecule has 2 aromatic rings. The number of rotatable bonds is 7. The molecule has 1 atom stereocenters. The van der Waals surface area contributed by atoms with Crippen molar-refractivity contribution in [2.24, 2.45) is 5.41 Å². The molecule has 0 saturated heterocycles. The van der Waals surface area contributed by atoms with E-state index < -0.39 is 17.3 Å². The van der Waals surface area contributed by atoms with Crippen molar-refractivity contribution in [3.63, 3.8) is 0 Å². The first-order chi connectivity index (χ1) is 14.4. The minimum absolute atomic E-state index is 0.110. The summed E-state index contributed by atoms with van der Waals surface area (Å²) in [4.78, 5) is 29.4. The number of aliphatic carboxylic acids is 1. The first-order valence-electron chi connectivity index (χ1n) is 10.6. The van der Waals surface area contributed by atoms with E-state index in [1.54, 1.807) is 0 Å². The largest absolute Gasteiger partial charge is 0.481 e. The molecule has 1 amide bonds. The average molecular weight is 427 g/mol. The molecule has 6 heteroatoms. The smallest absolute Gasteiger partial charge is 0.304 e. The summed E-state index contributed by atoms with van der Waals surface area (Å²) in [5.41, 5.74) is 5.28. The van der Waals surface area contributed by atoms with Crippen LogP contribution in [0.15, 0.2) is 18.2 Å². The summed E-state index contributed by atoms with van der Waals surface area (Å²) >= 11 is 0. The third kappa shape index (κ3) is 5.63. The van der Waals surface area contributed by atoms with Gasteiger partial charge >= 0.3 is 5.97 Å². The fourth-order valence-electron chi connectivity index (χ4n) is 3.91. The molecule has 0 aliphatic carbocycles. The molecule has 168 valence electrons. The number of nitrogens with zero attached hydrogens (tertiary/aromatic N) is 1. The molecule has 0 saturated carbocycles. The third-order valence-corrected chi connectivity index (χ3v) is 5.35. The number of pyridine rings is 1. The quantitative estimate of drug-likeness (QED) is 0.638. The number of aryl methyl sites for hydroxylation is 3. The van der Waals surface area contributed by atoms with Crippen LogP contribution in [0, 0.1) is 26.2 Å². The molecule has 2 rings (SSSR count). The maximum absolute atomic E-state index is 12.9. The van der Waals surface area contributed by atoms with Crippen molar-refractivity contribution in [1.82, 2.24) is 4.98 Å². The first-order valence-corrected chi connectivity index (χ1v) is 10.6. The standard InChI is InChI=1S/C25H34N2O4/c1-9-18-16(4)26-23(31-8)22(27-24(30)25(5,6)7)21(18)19(13-20(28)29)17-11-14(2)10-15(3)12-17/h10-12,19H,9,13H2,1-8H3,(H,27,30)(H,28,29). The number of hydrogen-bond donors (Lipinski definition) is 2. The Labute approximate surface area is 185 Å². The van der Waals surface area contributed by atoms with Crippen LogP contribution in [0.4, 0.5) is 5.69 Å². The molecule has 2 N–H and O–H groups in total. The van der Waals surface area contributed by atoms with Gasteiger partial charge in [-0.2, -0.15) is 0 Å². The predicted octanol–water partition coefficient (Wildman–Crippen LogP) is 5.17. The van der Waals surface area contributed by atoms with Gasteiger partial charge in [0.05, 0.1) is 13.5 Å². The lowest BCUT2D eigenvalue weighted by atomic mass is 9.82. The molecule has 0 spiro atoms. The number of carbonyl (C=O) groups excluding carboxylic acids is 1. The van der Waals surface area contributed by atoms with E-state index >= 15 is 0 Å². The van der Waals surface area contributed by atoms with E-state index in [1.807, 2.05) is 60.6 Å². The Hall–Kier alpha value is -2.89. The number of nitrogens with one attached hydrogen (secondary N) is 1. The van der Waals surface area contributed by atoms with Gasteiger partial charge in [-0.1, -0.05) is 57.0 Å². The van der Waals surface area contributed by atoms with Gasteiger partial charge in [-0.25, -0.2) is 4.98 Å². The monoisotopic (exact) mass is 426 g/mol. The normalized spacial score (nSPS) is 12.4. The molecule has 0 bridgehead atoms. The molecule has 0 aliphatic rings. The number of carbonyl (C=O) groups is 2. The summed E-state index contributed by atoms with van der Waals surface area (Å²) in [5.74, 6) is -1.26. The summed E-state index contributed by atoms with van der Waals surface area (Å²) in [6.07, 6.45) is 0.540. The van der Waals surface area contributed by atoms with E-state index in [1.165, 1.54) is 7.11 Å². The highest BCUT2D eigenvalue weighted by Crippen LogP contribution is 2.42. The van der Waals surface area contributed by atoms with Crippen LogP contribution in [0.5, 0.6) is 5.88 Å². The summed E-state index contributed by atoms with van der Waals surface area (Å²) in [5, 5.41) is 12.8. The van der Waals surface area contributed by atoms with Crippen LogP contribution in [-0.4, -0.2) is 29.1 Å². The van der Waals surface area contributed by atoms with Crippen molar-refractivity contribution in [3.8, 4) is 5.88 Å². The SMILES string of the molecule is CCc1c(C)nc(OC)c(NC(=O)C(C)(C)C)c1C(CC(=O)O)c1cc(C)cc(C)c1. The van der Waals surface area contributed by atoms with E-state index in [2.05, 4.69) is 16.4 Å². The topological polar surface area (TPSA) is 88.5 Å². The number of carboxylic acid groups (broad SMARTS) is 1. The first kappa shape index (κ1) is 24.4. The van der Waals surface area contributed by atoms with E-state index in [-0.39, 0.29) is 12.3 Å². The van der Waals surface area contributed by atoms with Crippen molar-refractivity contribution in [2.45, 2.75) is 67.2 Å². The van der Waals surface area contributed by atoms with Gasteiger partial charge in [0, 0.05) is 17.0 Å². The van der Waals surface area contributed by atoms with Crippen LogP contribution in [0.2, 0.25) is 0 Å². The minimum Gasteiger partial charge on any atom is -0.481 e. The Morgan fingerprint density at radius 3 is 2.16 bits per heavy atom. The van der Waals surface area contributed by atoms with Crippen molar-refractivity contribution < 1.29 is 19.4 Å². The molecule has 1 unspecified atom stereocenters. The zero-order valence-corrected chi connectivity index (χ0v) is 19.8. The van der Waals surface area contributed by atoms with Gasteiger partial charge in [0.1, 0.15) is 5.69 Å². The Balaban J connectivity index is 2.88. The molecular weight excluding hydrogens is 392 g/mol. The van der Waals surface area contributed by atoms with Gasteiger partial charge in [0.15, 0.2) is 0 Å². The number of hydrogen-bond acceptors (Lipinski definition) is 4. The summed E-state index contributed by atoms with van der Waals surface area (Å²) < 4.78 is 5.55. The Morgan fingerprint density at radius 2 is 1.71 bits per heavy atom. The van der Waals surface area contributed by atoms with Crippen LogP contribution in [0.25, 0.3) is 0 Å². The highest BCUT2D eigenvalue weighted by atomic mass is 16.5. The molecule has 0 fully saturated rings. The lowest BCUT2D eigenvalue weighted by Crippen LogP contribution is -2.29. The molecule has 1 aromatic carbocycles. The number of aromatic nitrogens is 1. The third-order valence-electron chi connectivity index (χ3n) is 5.35. The zero-order valence-electron chi connectivity index (χ0n) is 19.8. The van der Waals surface area contributed by atoms with Gasteiger partial charge in [0.2, 0.25) is 11.8 Å². The van der Waals surface area contributed by atoms with Crippen molar-refractivity contribution in [3.05, 3.63) is 51.7 Å². The van der Waals surface area contributed by atoms with Gasteiger partial charge in [-0.05, 0) is 43.9 Å². The number of ether oxygens (including phenoxy) is 1. The van der Waals surface area contributed by atoms with Crippen LogP contribution in [0.1, 0.15) is 73.5 Å². The molecule has 0 radical (unpaired) electrons. The van der Waals surface area contributed by atoms with E-state index in [0.29, 0.717) is 18.0 Å². The summed E-state index contributed by atoms with van der Waals surface area (Å²) in [6.45, 7) is 13.4. The second-order valence-corrected chi connectivity index (χ2v) is 9.10. The van der Waals surface area contributed by atoms with E-state index in [0.717, 1.165) is 33.5 Å². The molecule has 1 heterocycles. The molecule has 1 aromatic heterocycles. The second kappa shape index (κ2) is 9.50. The number of benzene rings is 1. The summed E-state index contributed by atoms with van der Waals surface area (Å²) in [6, 6.07) is 6.08. The minimum atomic E-state index is -0.909. The van der Waals surface area contributed by atoms with Crippen LogP contribution in [-0.2, 0) is 16.0 Å². The average Bonchev–Trinajstić information content (AvgIpc) is 2.65. The van der Waals surface area contributed by atoms with Crippen LogP contribution < -0.4 is 10.1 Å². The van der Waals surface area contributed by atoms with Gasteiger partial charge < -0.3 is 15.2 Å². The lowest BCUT2D eigenvalue weighted by molar-refractivity contribution is -0.137. The van der Waals surface area contributed by atoms with Crippen molar-refractivity contribution >= 4 is 17.6 Å². The fourth-order valence-corrected chi connectivity index (χ4v) is 3.91. The molecule has 6 nitrogen and oxygen atoms in total. The highest BCUT2D eigenvalue weighted by Gasteiger charge is 2.31. The Morgan fingerprint density at radius 1 is 1.13 bits per heavy atom. The maximum Gasteiger partial charge on any atom is 0.304 e. The molecule has 31 heavy (non-hydrogen) atoms. The number of carboxylic acids is 1. The van der Waals surface area contributed by atoms with Crippen molar-refractivity contribution in [2.75, 3.05) is 12.4 Å². The number of anilines is 1. The van der Waals surface area contributed by atoms with E-state index in [9.17, 15) is 14.7 Å². The summed E-state index contributed by atoms with van der Waals surface area (Å²) in [7, 11) is 1.51. The van der Waals surface area contributed by atoms with Gasteiger partial charge in [-0.3, -0.25) is 9.59 Å². The zero-order chi connectivity index (χ0) is 23.5. The van der Waals surface area contributed by atoms with Gasteiger partial charge in [-0.15, -0.1) is 0 Å². The highest BCUT2D eigenvalue weighted by molar-refractivity contribution is 5.97. The Bertz CT molecular complexity index is 970. The molecule has 0 aliphatic heterocycles. The predicted molar refractivity (Wildman–Crippen MR) is 123 cm³/mol. The number of methoxy groups -OCH3 is 1.